The van der Waals surface area contributed by atoms with Gasteiger partial charge in [0.1, 0.15) is 10.7 Å². The van der Waals surface area contributed by atoms with Crippen LogP contribution in [0.3, 0.4) is 0 Å². The van der Waals surface area contributed by atoms with Crippen LogP contribution < -0.4 is 5.14 Å². The number of primary sulfonamides is 1. The van der Waals surface area contributed by atoms with Gasteiger partial charge in [0, 0.05) is 25.9 Å². The number of piperidine rings is 1. The van der Waals surface area contributed by atoms with Crippen molar-refractivity contribution >= 4 is 37.4 Å². The van der Waals surface area contributed by atoms with Crippen molar-refractivity contribution in [2.75, 3.05) is 13.1 Å². The Morgan fingerprint density at radius 1 is 1.10 bits per heavy atom. The third kappa shape index (κ3) is 3.43. The van der Waals surface area contributed by atoms with E-state index in [9.17, 15) is 21.6 Å². The lowest BCUT2D eigenvalue weighted by Gasteiger charge is -2.25. The summed E-state index contributed by atoms with van der Waals surface area (Å²) >= 11 is 5.79. The lowest BCUT2D eigenvalue weighted by atomic mass is 10.1. The van der Waals surface area contributed by atoms with Crippen LogP contribution in [0.15, 0.2) is 28.0 Å². The third-order valence-corrected chi connectivity index (χ3v) is 6.42. The predicted octanol–water partition coefficient (Wildman–Crippen LogP) is 0.341. The van der Waals surface area contributed by atoms with Crippen molar-refractivity contribution in [3.63, 3.8) is 0 Å². The van der Waals surface area contributed by atoms with Gasteiger partial charge >= 0.3 is 0 Å². The Morgan fingerprint density at radius 3 is 2.14 bits per heavy atom. The van der Waals surface area contributed by atoms with Gasteiger partial charge in [-0.05, 0) is 18.2 Å². The Balaban J connectivity index is 2.38. The van der Waals surface area contributed by atoms with Crippen LogP contribution in [0.25, 0.3) is 0 Å². The number of carbonyl (C=O) groups is 1. The molecule has 10 heteroatoms. The van der Waals surface area contributed by atoms with Crippen molar-refractivity contribution in [2.24, 2.45) is 5.14 Å². The number of Topliss-reactive ketones (excluding diaryl/α,β-unsaturated/α-hetero) is 1. The summed E-state index contributed by atoms with van der Waals surface area (Å²) in [5, 5.41) is 4.71. The fraction of sp³-hybridized carbons (Fsp3) is 0.364. The van der Waals surface area contributed by atoms with Crippen molar-refractivity contribution in [3.8, 4) is 0 Å². The Bertz CT molecular complexity index is 779. The topological polar surface area (TPSA) is 115 Å². The van der Waals surface area contributed by atoms with E-state index < -0.39 is 20.0 Å². The van der Waals surface area contributed by atoms with Crippen LogP contribution in [0.5, 0.6) is 0 Å². The van der Waals surface area contributed by atoms with Gasteiger partial charge in [0.05, 0.1) is 9.92 Å². The summed E-state index contributed by atoms with van der Waals surface area (Å²) in [5.74, 6) is 0.0176. The minimum atomic E-state index is -4.01. The van der Waals surface area contributed by atoms with Gasteiger partial charge in [-0.15, -0.1) is 0 Å². The third-order valence-electron chi connectivity index (χ3n) is 3.13. The molecule has 0 atom stereocenters. The average molecular weight is 353 g/mol. The number of benzene rings is 1. The Kier molecular flexibility index (Phi) is 4.41. The van der Waals surface area contributed by atoms with Gasteiger partial charge in [-0.25, -0.2) is 22.0 Å². The quantitative estimate of drug-likeness (QED) is 0.842. The number of hydrogen-bond acceptors (Lipinski definition) is 5. The van der Waals surface area contributed by atoms with Crippen molar-refractivity contribution in [2.45, 2.75) is 22.6 Å². The molecular weight excluding hydrogens is 340 g/mol. The maximum atomic E-state index is 12.4. The molecule has 1 saturated heterocycles. The van der Waals surface area contributed by atoms with E-state index in [-0.39, 0.29) is 46.5 Å². The molecule has 1 aromatic carbocycles. The van der Waals surface area contributed by atoms with Crippen LogP contribution in [-0.4, -0.2) is 40.0 Å². The van der Waals surface area contributed by atoms with Gasteiger partial charge in [0.15, 0.2) is 0 Å². The number of halogens is 1. The van der Waals surface area contributed by atoms with Crippen LogP contribution in [0.4, 0.5) is 0 Å². The van der Waals surface area contributed by atoms with Crippen LogP contribution in [0, 0.1) is 0 Å². The predicted molar refractivity (Wildman–Crippen MR) is 75.8 cm³/mol. The lowest BCUT2D eigenvalue weighted by Crippen LogP contribution is -2.38. The zero-order chi connectivity index (χ0) is 15.8. The molecule has 0 radical (unpaired) electrons. The summed E-state index contributed by atoms with van der Waals surface area (Å²) < 4.78 is 48.4. The number of carbonyl (C=O) groups excluding carboxylic acids is 1. The monoisotopic (exact) mass is 352 g/mol. The first-order chi connectivity index (χ1) is 9.62. The molecule has 1 heterocycles. The van der Waals surface area contributed by atoms with E-state index in [0.29, 0.717) is 0 Å². The summed E-state index contributed by atoms with van der Waals surface area (Å²) in [5.41, 5.74) is 0. The molecule has 0 aliphatic carbocycles. The molecule has 0 unspecified atom stereocenters. The van der Waals surface area contributed by atoms with E-state index in [0.717, 1.165) is 18.2 Å². The van der Waals surface area contributed by atoms with Crippen LogP contribution in [0.1, 0.15) is 12.8 Å². The highest BCUT2D eigenvalue weighted by Crippen LogP contribution is 2.26. The number of nitrogens with two attached hydrogens (primary N) is 1. The zero-order valence-corrected chi connectivity index (χ0v) is 13.2. The summed E-state index contributed by atoms with van der Waals surface area (Å²) in [6.07, 6.45) is 0.338. The minimum Gasteiger partial charge on any atom is -0.300 e. The summed E-state index contributed by atoms with van der Waals surface area (Å²) in [4.78, 5) is 10.7. The summed E-state index contributed by atoms with van der Waals surface area (Å²) in [6.45, 7) is 0.214. The average Bonchev–Trinajstić information content (AvgIpc) is 2.37. The highest BCUT2D eigenvalue weighted by molar-refractivity contribution is 7.89. The maximum absolute atomic E-state index is 12.4. The first-order valence-corrected chi connectivity index (χ1v) is 9.33. The van der Waals surface area contributed by atoms with Gasteiger partial charge < -0.3 is 0 Å². The maximum Gasteiger partial charge on any atom is 0.243 e. The fourth-order valence-electron chi connectivity index (χ4n) is 2.00. The number of sulfonamides is 2. The SMILES string of the molecule is NS(=O)(=O)c1ccc(S(=O)(=O)N2CCC(=O)CC2)cc1Cl. The molecule has 7 nitrogen and oxygen atoms in total. The van der Waals surface area contributed by atoms with Gasteiger partial charge in [-0.2, -0.15) is 4.31 Å². The molecule has 0 saturated carbocycles. The zero-order valence-electron chi connectivity index (χ0n) is 10.8. The molecule has 1 aliphatic heterocycles. The second-order valence-corrected chi connectivity index (χ2v) is 8.45. The van der Waals surface area contributed by atoms with E-state index in [4.69, 9.17) is 16.7 Å². The highest BCUT2D eigenvalue weighted by atomic mass is 35.5. The van der Waals surface area contributed by atoms with Crippen molar-refractivity contribution in [1.82, 2.24) is 4.31 Å². The number of hydrogen-bond donors (Lipinski definition) is 1. The van der Waals surface area contributed by atoms with E-state index in [2.05, 4.69) is 0 Å². The highest BCUT2D eigenvalue weighted by Gasteiger charge is 2.29. The van der Waals surface area contributed by atoms with Crippen LogP contribution in [-0.2, 0) is 24.8 Å². The van der Waals surface area contributed by atoms with Gasteiger partial charge in [0.2, 0.25) is 20.0 Å². The number of ketones is 1. The molecule has 116 valence electrons. The molecule has 1 aliphatic rings. The second-order valence-electron chi connectivity index (χ2n) is 4.58. The fourth-order valence-corrected chi connectivity index (χ4v) is 4.62. The van der Waals surface area contributed by atoms with E-state index >= 15 is 0 Å². The van der Waals surface area contributed by atoms with Gasteiger partial charge in [-0.3, -0.25) is 4.79 Å². The van der Waals surface area contributed by atoms with Crippen LogP contribution >= 0.6 is 11.6 Å². The molecule has 0 bridgehead atoms. The summed E-state index contributed by atoms with van der Waals surface area (Å²) in [7, 11) is -7.82. The molecule has 2 N–H and O–H groups in total. The number of nitrogens with zero attached hydrogens (tertiary/aromatic N) is 1. The summed E-state index contributed by atoms with van der Waals surface area (Å²) in [6, 6.07) is 3.24. The molecule has 0 spiro atoms. The Labute approximate surface area is 127 Å². The molecule has 0 amide bonds. The van der Waals surface area contributed by atoms with Crippen molar-refractivity contribution in [3.05, 3.63) is 23.2 Å². The van der Waals surface area contributed by atoms with Gasteiger partial charge in [0.25, 0.3) is 0 Å². The van der Waals surface area contributed by atoms with Gasteiger partial charge in [-0.1, -0.05) is 11.6 Å². The molecular formula is C11H13ClN2O5S2. The Morgan fingerprint density at radius 2 is 1.67 bits per heavy atom. The van der Waals surface area contributed by atoms with E-state index in [1.807, 2.05) is 0 Å². The Hall–Kier alpha value is -1.00. The first-order valence-electron chi connectivity index (χ1n) is 5.96. The number of rotatable bonds is 3. The van der Waals surface area contributed by atoms with E-state index in [1.54, 1.807) is 0 Å². The molecule has 2 rings (SSSR count). The second kappa shape index (κ2) is 5.65. The molecule has 1 fully saturated rings. The molecule has 1 aromatic rings. The lowest BCUT2D eigenvalue weighted by molar-refractivity contribution is -0.120. The van der Waals surface area contributed by atoms with Crippen molar-refractivity contribution in [1.29, 1.82) is 0 Å². The van der Waals surface area contributed by atoms with E-state index in [1.165, 1.54) is 4.31 Å². The molecule has 0 aromatic heterocycles. The first kappa shape index (κ1) is 16.4. The minimum absolute atomic E-state index is 0.0176. The van der Waals surface area contributed by atoms with Crippen LogP contribution in [0.2, 0.25) is 5.02 Å². The van der Waals surface area contributed by atoms with Crippen molar-refractivity contribution < 1.29 is 21.6 Å². The normalized spacial score (nSPS) is 17.9. The smallest absolute Gasteiger partial charge is 0.243 e. The molecule has 21 heavy (non-hydrogen) atoms. The largest absolute Gasteiger partial charge is 0.300 e. The standard InChI is InChI=1S/C11H13ClN2O5S2/c12-10-7-9(1-2-11(10)20(13,16)17)21(18,19)14-5-3-8(15)4-6-14/h1-2,7H,3-6H2,(H2,13,16,17).